The molecule has 0 radical (unpaired) electrons. The van der Waals surface area contributed by atoms with E-state index in [0.29, 0.717) is 0 Å². The monoisotopic (exact) mass is 380 g/mol. The fourth-order valence-corrected chi connectivity index (χ4v) is 3.24. The van der Waals surface area contributed by atoms with Crippen LogP contribution < -0.4 is 10.6 Å². The molecule has 3 rings (SSSR count). The van der Waals surface area contributed by atoms with Crippen molar-refractivity contribution in [3.63, 3.8) is 0 Å². The summed E-state index contributed by atoms with van der Waals surface area (Å²) in [5, 5.41) is 4.71. The van der Waals surface area contributed by atoms with Crippen molar-refractivity contribution >= 4 is 23.2 Å². The first-order chi connectivity index (χ1) is 12.8. The summed E-state index contributed by atoms with van der Waals surface area (Å²) in [7, 11) is 0. The average molecular weight is 380 g/mol. The van der Waals surface area contributed by atoms with Crippen LogP contribution in [0.5, 0.6) is 0 Å². The van der Waals surface area contributed by atoms with Gasteiger partial charge in [-0.25, -0.2) is 0 Å². The number of nitrogens with one attached hydrogen (secondary N) is 2. The van der Waals surface area contributed by atoms with Gasteiger partial charge in [-0.2, -0.15) is 13.2 Å². The quantitative estimate of drug-likeness (QED) is 0.761. The summed E-state index contributed by atoms with van der Waals surface area (Å²) in [5.74, 6) is -0.880. The molecule has 0 spiro atoms. The van der Waals surface area contributed by atoms with E-state index >= 15 is 0 Å². The van der Waals surface area contributed by atoms with Crippen LogP contribution in [-0.4, -0.2) is 11.8 Å². The lowest BCUT2D eigenvalue weighted by Crippen LogP contribution is -2.19. The topological polar surface area (TPSA) is 71.3 Å². The number of rotatable bonds is 5. The molecule has 2 amide bonds. The minimum atomic E-state index is -4.68. The Bertz CT molecular complexity index is 810. The van der Waals surface area contributed by atoms with E-state index in [1.165, 1.54) is 24.5 Å². The fourth-order valence-electron chi connectivity index (χ4n) is 3.24. The highest BCUT2D eigenvalue weighted by Crippen LogP contribution is 2.37. The van der Waals surface area contributed by atoms with E-state index in [1.807, 2.05) is 0 Å². The maximum atomic E-state index is 13.4. The van der Waals surface area contributed by atoms with Gasteiger partial charge in [-0.05, 0) is 49.1 Å². The molecular formula is C19H19F3N2O3. The van der Waals surface area contributed by atoms with E-state index in [2.05, 4.69) is 10.6 Å². The van der Waals surface area contributed by atoms with Crippen LogP contribution in [0.15, 0.2) is 41.0 Å². The molecule has 5 nitrogen and oxygen atoms in total. The molecule has 8 heteroatoms. The van der Waals surface area contributed by atoms with E-state index in [4.69, 9.17) is 4.42 Å². The predicted octanol–water partition coefficient (Wildman–Crippen LogP) is 5.07. The van der Waals surface area contributed by atoms with Crippen LogP contribution in [0.3, 0.4) is 0 Å². The number of anilines is 2. The zero-order valence-electron chi connectivity index (χ0n) is 14.4. The van der Waals surface area contributed by atoms with Crippen molar-refractivity contribution in [3.05, 3.63) is 47.9 Å². The first-order valence-corrected chi connectivity index (χ1v) is 8.69. The van der Waals surface area contributed by atoms with Crippen molar-refractivity contribution in [3.8, 4) is 0 Å². The van der Waals surface area contributed by atoms with Crippen LogP contribution >= 0.6 is 0 Å². The molecule has 0 bridgehead atoms. The second kappa shape index (κ2) is 7.85. The third kappa shape index (κ3) is 4.90. The van der Waals surface area contributed by atoms with E-state index in [-0.39, 0.29) is 29.5 Å². The molecule has 27 heavy (non-hydrogen) atoms. The van der Waals surface area contributed by atoms with E-state index in [1.54, 1.807) is 0 Å². The Kier molecular flexibility index (Phi) is 5.53. The largest absolute Gasteiger partial charge is 0.459 e. The molecule has 2 aromatic rings. The Morgan fingerprint density at radius 3 is 2.48 bits per heavy atom. The van der Waals surface area contributed by atoms with Gasteiger partial charge in [-0.15, -0.1) is 0 Å². The third-order valence-electron chi connectivity index (χ3n) is 4.55. The highest BCUT2D eigenvalue weighted by molar-refractivity contribution is 6.02. The number of furan rings is 1. The van der Waals surface area contributed by atoms with Crippen LogP contribution in [-0.2, 0) is 11.0 Å². The normalized spacial score (nSPS) is 14.9. The zero-order valence-corrected chi connectivity index (χ0v) is 14.4. The number of hydrogen-bond donors (Lipinski definition) is 2. The smallest absolute Gasteiger partial charge is 0.418 e. The highest BCUT2D eigenvalue weighted by atomic mass is 19.4. The van der Waals surface area contributed by atoms with Crippen LogP contribution in [0.2, 0.25) is 0 Å². The average Bonchev–Trinajstić information content (AvgIpc) is 3.28. The van der Waals surface area contributed by atoms with Crippen LogP contribution in [0.4, 0.5) is 24.5 Å². The first kappa shape index (κ1) is 19.0. The zero-order chi connectivity index (χ0) is 19.4. The van der Waals surface area contributed by atoms with Crippen LogP contribution in [0, 0.1) is 5.92 Å². The molecule has 1 aliphatic rings. The summed E-state index contributed by atoms with van der Waals surface area (Å²) in [6.07, 6.45) is 0.787. The molecule has 0 atom stereocenters. The first-order valence-electron chi connectivity index (χ1n) is 8.69. The molecule has 1 heterocycles. The van der Waals surface area contributed by atoms with Gasteiger partial charge in [0.2, 0.25) is 5.91 Å². The van der Waals surface area contributed by atoms with E-state index in [0.717, 1.165) is 37.8 Å². The lowest BCUT2D eigenvalue weighted by atomic mass is 10.0. The van der Waals surface area contributed by atoms with Gasteiger partial charge in [-0.3, -0.25) is 9.59 Å². The summed E-state index contributed by atoms with van der Waals surface area (Å²) >= 11 is 0. The van der Waals surface area contributed by atoms with Gasteiger partial charge < -0.3 is 15.1 Å². The number of amides is 2. The number of hydrogen-bond acceptors (Lipinski definition) is 3. The highest BCUT2D eigenvalue weighted by Gasteiger charge is 2.34. The minimum absolute atomic E-state index is 0.0162. The number of carbonyl (C=O) groups is 2. The third-order valence-corrected chi connectivity index (χ3v) is 4.55. The van der Waals surface area contributed by atoms with Gasteiger partial charge in [0.25, 0.3) is 5.91 Å². The fraction of sp³-hybridized carbons (Fsp3) is 0.368. The summed E-state index contributed by atoms with van der Waals surface area (Å²) in [6.45, 7) is 0. The van der Waals surface area contributed by atoms with Gasteiger partial charge in [0.15, 0.2) is 5.76 Å². The van der Waals surface area contributed by atoms with Crippen LogP contribution in [0.1, 0.15) is 48.2 Å². The number of carbonyl (C=O) groups excluding carboxylic acids is 2. The lowest BCUT2D eigenvalue weighted by molar-refractivity contribution is -0.136. The molecule has 0 saturated heterocycles. The van der Waals surface area contributed by atoms with Crippen molar-refractivity contribution in [2.45, 2.75) is 38.3 Å². The van der Waals surface area contributed by atoms with Gasteiger partial charge in [0.05, 0.1) is 17.5 Å². The standard InChI is InChI=1S/C19H19F3N2O3/c20-19(21,22)14-11-13(23-18(26)16-6-3-9-27-16)7-8-15(14)24-17(25)10-12-4-1-2-5-12/h3,6-9,11-12H,1-2,4-5,10H2,(H,23,26)(H,24,25). The van der Waals surface area contributed by atoms with E-state index < -0.39 is 23.6 Å². The van der Waals surface area contributed by atoms with Crippen molar-refractivity contribution < 1.29 is 27.2 Å². The second-order valence-electron chi connectivity index (χ2n) is 6.59. The molecule has 1 aromatic heterocycles. The summed E-state index contributed by atoms with van der Waals surface area (Å²) in [4.78, 5) is 24.0. The second-order valence-corrected chi connectivity index (χ2v) is 6.59. The molecule has 0 aliphatic heterocycles. The molecule has 0 unspecified atom stereocenters. The van der Waals surface area contributed by atoms with Crippen molar-refractivity contribution in [1.29, 1.82) is 0 Å². The van der Waals surface area contributed by atoms with Crippen molar-refractivity contribution in [1.82, 2.24) is 0 Å². The number of halogens is 3. The van der Waals surface area contributed by atoms with Gasteiger partial charge in [-0.1, -0.05) is 12.8 Å². The maximum absolute atomic E-state index is 13.4. The number of benzene rings is 1. The van der Waals surface area contributed by atoms with Crippen LogP contribution in [0.25, 0.3) is 0 Å². The van der Waals surface area contributed by atoms with Gasteiger partial charge in [0.1, 0.15) is 0 Å². The lowest BCUT2D eigenvalue weighted by Gasteiger charge is -2.16. The molecular weight excluding hydrogens is 361 g/mol. The summed E-state index contributed by atoms with van der Waals surface area (Å²) in [5.41, 5.74) is -1.38. The Balaban J connectivity index is 1.75. The SMILES string of the molecule is O=C(CC1CCCC1)Nc1ccc(NC(=O)c2ccco2)cc1C(F)(F)F. The Hall–Kier alpha value is -2.77. The Morgan fingerprint density at radius 1 is 1.11 bits per heavy atom. The maximum Gasteiger partial charge on any atom is 0.418 e. The molecule has 1 aromatic carbocycles. The Morgan fingerprint density at radius 2 is 1.85 bits per heavy atom. The molecule has 2 N–H and O–H groups in total. The Labute approximate surface area is 153 Å². The molecule has 1 aliphatic carbocycles. The molecule has 1 saturated carbocycles. The summed E-state index contributed by atoms with van der Waals surface area (Å²) < 4.78 is 45.1. The van der Waals surface area contributed by atoms with Crippen molar-refractivity contribution in [2.75, 3.05) is 10.6 Å². The molecule has 144 valence electrons. The predicted molar refractivity (Wildman–Crippen MR) is 93.3 cm³/mol. The van der Waals surface area contributed by atoms with Crippen molar-refractivity contribution in [2.24, 2.45) is 5.92 Å². The molecule has 1 fully saturated rings. The van der Waals surface area contributed by atoms with Gasteiger partial charge in [0, 0.05) is 12.1 Å². The van der Waals surface area contributed by atoms with Gasteiger partial charge >= 0.3 is 6.18 Å². The minimum Gasteiger partial charge on any atom is -0.459 e. The number of alkyl halides is 3. The van der Waals surface area contributed by atoms with E-state index in [9.17, 15) is 22.8 Å². The summed E-state index contributed by atoms with van der Waals surface area (Å²) in [6, 6.07) is 6.15.